The van der Waals surface area contributed by atoms with Gasteiger partial charge in [0.1, 0.15) is 0 Å². The minimum Gasteiger partial charge on any atom is -0.264 e. The molecule has 0 aliphatic rings. The minimum absolute atomic E-state index is 1.18. The van der Waals surface area contributed by atoms with Crippen molar-refractivity contribution in [3.05, 3.63) is 90.3 Å². The molecule has 1 heteroatoms. The van der Waals surface area contributed by atoms with E-state index in [-0.39, 0.29) is 0 Å². The van der Waals surface area contributed by atoms with Crippen LogP contribution in [0.5, 0.6) is 0 Å². The average molecular weight is 281 g/mol. The van der Waals surface area contributed by atoms with Crippen LogP contribution in [0.2, 0.25) is 0 Å². The molecule has 0 bridgehead atoms. The Morgan fingerprint density at radius 2 is 1.41 bits per heavy atom. The van der Waals surface area contributed by atoms with Gasteiger partial charge in [0.15, 0.2) is 0 Å². The maximum absolute atomic E-state index is 4.20. The van der Waals surface area contributed by atoms with Crippen LogP contribution in [-0.4, -0.2) is 4.98 Å². The molecule has 0 spiro atoms. The molecule has 104 valence electrons. The molecule has 0 amide bonds. The Kier molecular flexibility index (Phi) is 3.17. The fraction of sp³-hybridized carbons (Fsp3) is 0. The van der Waals surface area contributed by atoms with Gasteiger partial charge in [0, 0.05) is 17.8 Å². The van der Waals surface area contributed by atoms with E-state index in [4.69, 9.17) is 0 Å². The number of pyridine rings is 1. The summed E-state index contributed by atoms with van der Waals surface area (Å²) in [6.07, 6.45) is 8.08. The second-order valence-electron chi connectivity index (χ2n) is 5.39. The van der Waals surface area contributed by atoms with Crippen LogP contribution >= 0.6 is 0 Å². The van der Waals surface area contributed by atoms with E-state index >= 15 is 0 Å². The summed E-state index contributed by atoms with van der Waals surface area (Å²) in [7, 11) is 0. The van der Waals surface area contributed by atoms with Crippen molar-refractivity contribution in [1.29, 1.82) is 0 Å². The number of rotatable bonds is 2. The summed E-state index contributed by atoms with van der Waals surface area (Å²) < 4.78 is 0. The molecular formula is C21H15N. The molecule has 22 heavy (non-hydrogen) atoms. The molecule has 0 fully saturated rings. The van der Waals surface area contributed by atoms with Crippen LogP contribution in [0.3, 0.4) is 0 Å². The summed E-state index contributed by atoms with van der Waals surface area (Å²) in [5.41, 5.74) is 2.42. The lowest BCUT2D eigenvalue weighted by molar-refractivity contribution is 1.37. The van der Waals surface area contributed by atoms with E-state index in [1.807, 2.05) is 18.5 Å². The van der Waals surface area contributed by atoms with Crippen molar-refractivity contribution in [1.82, 2.24) is 4.98 Å². The zero-order chi connectivity index (χ0) is 14.8. The lowest BCUT2D eigenvalue weighted by Crippen LogP contribution is -1.80. The normalized spacial score (nSPS) is 11.5. The molecular weight excluding hydrogens is 266 g/mol. The second-order valence-corrected chi connectivity index (χ2v) is 5.39. The third-order valence-electron chi connectivity index (χ3n) is 3.93. The maximum Gasteiger partial charge on any atom is 0.0346 e. The molecule has 4 rings (SSSR count). The first-order chi connectivity index (χ1) is 10.9. The molecule has 0 saturated heterocycles. The number of hydrogen-bond donors (Lipinski definition) is 0. The summed E-state index contributed by atoms with van der Waals surface area (Å²) >= 11 is 0. The van der Waals surface area contributed by atoms with Crippen LogP contribution in [0, 0.1) is 0 Å². The highest BCUT2D eigenvalue weighted by atomic mass is 14.6. The summed E-state index contributed by atoms with van der Waals surface area (Å²) in [5, 5.41) is 4.97. The van der Waals surface area contributed by atoms with Crippen molar-refractivity contribution in [3.63, 3.8) is 0 Å². The van der Waals surface area contributed by atoms with Crippen molar-refractivity contribution >= 4 is 33.7 Å². The Morgan fingerprint density at radius 3 is 2.32 bits per heavy atom. The van der Waals surface area contributed by atoms with Crippen molar-refractivity contribution < 1.29 is 0 Å². The van der Waals surface area contributed by atoms with Gasteiger partial charge in [-0.3, -0.25) is 4.98 Å². The summed E-state index contributed by atoms with van der Waals surface area (Å²) in [4.78, 5) is 4.20. The zero-order valence-electron chi connectivity index (χ0n) is 12.1. The van der Waals surface area contributed by atoms with Crippen molar-refractivity contribution in [2.75, 3.05) is 0 Å². The van der Waals surface area contributed by atoms with Gasteiger partial charge >= 0.3 is 0 Å². The number of hydrogen-bond acceptors (Lipinski definition) is 1. The van der Waals surface area contributed by atoms with Gasteiger partial charge < -0.3 is 0 Å². The first-order valence-corrected chi connectivity index (χ1v) is 7.40. The minimum atomic E-state index is 1.18. The SMILES string of the molecule is C(=Cc1ccc2ccc3cnccc3c2c1)c1ccccc1. The van der Waals surface area contributed by atoms with Gasteiger partial charge in [-0.1, -0.05) is 66.7 Å². The van der Waals surface area contributed by atoms with Gasteiger partial charge in [-0.2, -0.15) is 0 Å². The lowest BCUT2D eigenvalue weighted by atomic mass is 10.0. The smallest absolute Gasteiger partial charge is 0.0346 e. The predicted molar refractivity (Wildman–Crippen MR) is 94.6 cm³/mol. The quantitative estimate of drug-likeness (QED) is 0.346. The molecule has 3 aromatic carbocycles. The number of benzene rings is 3. The topological polar surface area (TPSA) is 12.9 Å². The Balaban J connectivity index is 1.83. The van der Waals surface area contributed by atoms with E-state index in [0.717, 1.165) is 0 Å². The Bertz CT molecular complexity index is 969. The van der Waals surface area contributed by atoms with Crippen molar-refractivity contribution in [2.24, 2.45) is 0 Å². The molecule has 0 unspecified atom stereocenters. The zero-order valence-corrected chi connectivity index (χ0v) is 12.1. The van der Waals surface area contributed by atoms with Gasteiger partial charge in [0.05, 0.1) is 0 Å². The molecule has 0 N–H and O–H groups in total. The summed E-state index contributed by atoms with van der Waals surface area (Å²) in [5.74, 6) is 0. The average Bonchev–Trinajstić information content (AvgIpc) is 2.60. The summed E-state index contributed by atoms with van der Waals surface area (Å²) in [6, 6.07) is 23.3. The highest BCUT2D eigenvalue weighted by Crippen LogP contribution is 2.26. The molecule has 1 aromatic heterocycles. The second kappa shape index (κ2) is 5.45. The van der Waals surface area contributed by atoms with Crippen LogP contribution in [0.15, 0.2) is 79.1 Å². The number of fused-ring (bicyclic) bond motifs is 3. The van der Waals surface area contributed by atoms with Crippen molar-refractivity contribution in [2.45, 2.75) is 0 Å². The third-order valence-corrected chi connectivity index (χ3v) is 3.93. The predicted octanol–water partition coefficient (Wildman–Crippen LogP) is 5.56. The fourth-order valence-electron chi connectivity index (χ4n) is 2.78. The first-order valence-electron chi connectivity index (χ1n) is 7.40. The number of aromatic nitrogens is 1. The van der Waals surface area contributed by atoms with Gasteiger partial charge in [0.2, 0.25) is 0 Å². The Hall–Kier alpha value is -2.93. The van der Waals surface area contributed by atoms with E-state index in [0.29, 0.717) is 0 Å². The molecule has 4 aromatic rings. The third kappa shape index (κ3) is 2.38. The fourth-order valence-corrected chi connectivity index (χ4v) is 2.78. The Morgan fingerprint density at radius 1 is 0.636 bits per heavy atom. The molecule has 1 nitrogen and oxygen atoms in total. The molecule has 0 radical (unpaired) electrons. The summed E-state index contributed by atoms with van der Waals surface area (Å²) in [6.45, 7) is 0. The lowest BCUT2D eigenvalue weighted by Gasteiger charge is -2.04. The van der Waals surface area contributed by atoms with Gasteiger partial charge in [-0.25, -0.2) is 0 Å². The van der Waals surface area contributed by atoms with E-state index in [1.165, 1.54) is 32.7 Å². The van der Waals surface area contributed by atoms with Crippen LogP contribution in [-0.2, 0) is 0 Å². The molecule has 0 saturated carbocycles. The standard InChI is InChI=1S/C21H15N/c1-2-4-16(5-3-1)6-7-17-8-9-18-10-11-19-15-22-13-12-20(19)21(18)14-17/h1-15H. The van der Waals surface area contributed by atoms with Gasteiger partial charge in [0.25, 0.3) is 0 Å². The largest absolute Gasteiger partial charge is 0.264 e. The van der Waals surface area contributed by atoms with E-state index in [9.17, 15) is 0 Å². The molecule has 0 aliphatic carbocycles. The first kappa shape index (κ1) is 12.8. The van der Waals surface area contributed by atoms with Crippen molar-refractivity contribution in [3.8, 4) is 0 Å². The van der Waals surface area contributed by atoms with Gasteiger partial charge in [-0.15, -0.1) is 0 Å². The van der Waals surface area contributed by atoms with Crippen LogP contribution < -0.4 is 0 Å². The van der Waals surface area contributed by atoms with Crippen LogP contribution in [0.25, 0.3) is 33.7 Å². The highest BCUT2D eigenvalue weighted by molar-refractivity contribution is 6.07. The number of nitrogens with zero attached hydrogens (tertiary/aromatic N) is 1. The maximum atomic E-state index is 4.20. The van der Waals surface area contributed by atoms with Gasteiger partial charge in [-0.05, 0) is 39.4 Å². The molecule has 0 aliphatic heterocycles. The monoisotopic (exact) mass is 281 g/mol. The van der Waals surface area contributed by atoms with Crippen LogP contribution in [0.1, 0.15) is 11.1 Å². The van der Waals surface area contributed by atoms with E-state index in [2.05, 4.69) is 77.8 Å². The highest BCUT2D eigenvalue weighted by Gasteiger charge is 2.00. The van der Waals surface area contributed by atoms with E-state index in [1.54, 1.807) is 0 Å². The molecule has 0 atom stereocenters. The Labute approximate surface area is 129 Å². The van der Waals surface area contributed by atoms with Crippen LogP contribution in [0.4, 0.5) is 0 Å². The molecule has 1 heterocycles. The van der Waals surface area contributed by atoms with E-state index < -0.39 is 0 Å².